The summed E-state index contributed by atoms with van der Waals surface area (Å²) in [4.78, 5) is 11.0. The van der Waals surface area contributed by atoms with E-state index < -0.39 is 5.97 Å². The minimum atomic E-state index is -0.850. The van der Waals surface area contributed by atoms with Crippen molar-refractivity contribution in [2.45, 2.75) is 26.2 Å². The molecule has 1 rings (SSSR count). The van der Waals surface area contributed by atoms with E-state index in [1.165, 1.54) is 24.2 Å². The molecular formula is C10H15NO2S. The second-order valence-electron chi connectivity index (χ2n) is 3.10. The van der Waals surface area contributed by atoms with Gasteiger partial charge in [-0.15, -0.1) is 11.3 Å². The number of unbranched alkanes of at least 4 members (excludes halogenated alkanes) is 2. The highest BCUT2D eigenvalue weighted by Gasteiger charge is 2.05. The molecule has 0 amide bonds. The molecule has 14 heavy (non-hydrogen) atoms. The van der Waals surface area contributed by atoms with E-state index >= 15 is 0 Å². The van der Waals surface area contributed by atoms with Crippen molar-refractivity contribution in [3.8, 4) is 0 Å². The summed E-state index contributed by atoms with van der Waals surface area (Å²) < 4.78 is 0. The number of carboxylic acids is 1. The van der Waals surface area contributed by atoms with Gasteiger partial charge in [0, 0.05) is 6.54 Å². The Labute approximate surface area is 87.8 Å². The van der Waals surface area contributed by atoms with Crippen LogP contribution in [-0.4, -0.2) is 17.6 Å². The van der Waals surface area contributed by atoms with E-state index in [1.54, 1.807) is 6.07 Å². The molecule has 0 atom stereocenters. The summed E-state index contributed by atoms with van der Waals surface area (Å²) in [5.74, 6) is -0.850. The Morgan fingerprint density at radius 2 is 2.29 bits per heavy atom. The predicted molar refractivity (Wildman–Crippen MR) is 59.3 cm³/mol. The maximum absolute atomic E-state index is 10.6. The van der Waals surface area contributed by atoms with Gasteiger partial charge in [0.1, 0.15) is 4.88 Å². The van der Waals surface area contributed by atoms with Crippen LogP contribution in [0.15, 0.2) is 12.1 Å². The van der Waals surface area contributed by atoms with Gasteiger partial charge in [0.05, 0.1) is 5.00 Å². The molecule has 0 unspecified atom stereocenters. The number of anilines is 1. The zero-order chi connectivity index (χ0) is 10.4. The normalized spacial score (nSPS) is 10.1. The number of carboxylic acid groups (broad SMARTS) is 1. The van der Waals surface area contributed by atoms with Crippen molar-refractivity contribution in [2.75, 3.05) is 11.9 Å². The van der Waals surface area contributed by atoms with E-state index in [-0.39, 0.29) is 0 Å². The van der Waals surface area contributed by atoms with E-state index in [0.717, 1.165) is 18.0 Å². The largest absolute Gasteiger partial charge is 0.477 e. The monoisotopic (exact) mass is 213 g/mol. The summed E-state index contributed by atoms with van der Waals surface area (Å²) in [5.41, 5.74) is 0. The number of hydrogen-bond donors (Lipinski definition) is 2. The first kappa shape index (κ1) is 11.0. The maximum Gasteiger partial charge on any atom is 0.345 e. The topological polar surface area (TPSA) is 49.3 Å². The van der Waals surface area contributed by atoms with E-state index in [9.17, 15) is 4.79 Å². The van der Waals surface area contributed by atoms with E-state index in [0.29, 0.717) is 4.88 Å². The van der Waals surface area contributed by atoms with Gasteiger partial charge in [0.25, 0.3) is 0 Å². The lowest BCUT2D eigenvalue weighted by atomic mass is 10.2. The zero-order valence-electron chi connectivity index (χ0n) is 8.25. The average molecular weight is 213 g/mol. The molecule has 3 nitrogen and oxygen atoms in total. The van der Waals surface area contributed by atoms with Crippen molar-refractivity contribution < 1.29 is 9.90 Å². The fourth-order valence-corrected chi connectivity index (χ4v) is 1.91. The van der Waals surface area contributed by atoms with Gasteiger partial charge in [-0.2, -0.15) is 0 Å². The minimum Gasteiger partial charge on any atom is -0.477 e. The van der Waals surface area contributed by atoms with Crippen LogP contribution in [0.5, 0.6) is 0 Å². The van der Waals surface area contributed by atoms with Crippen molar-refractivity contribution in [1.82, 2.24) is 0 Å². The Kier molecular flexibility index (Phi) is 4.46. The third-order valence-corrected chi connectivity index (χ3v) is 2.93. The molecule has 1 heterocycles. The van der Waals surface area contributed by atoms with Crippen molar-refractivity contribution in [1.29, 1.82) is 0 Å². The van der Waals surface area contributed by atoms with Gasteiger partial charge in [0.15, 0.2) is 0 Å². The summed E-state index contributed by atoms with van der Waals surface area (Å²) in [6.07, 6.45) is 3.55. The van der Waals surface area contributed by atoms with Crippen LogP contribution in [0.2, 0.25) is 0 Å². The molecule has 0 spiro atoms. The Balaban J connectivity index is 2.33. The number of nitrogens with one attached hydrogen (secondary N) is 1. The minimum absolute atomic E-state index is 0.392. The summed E-state index contributed by atoms with van der Waals surface area (Å²) in [7, 11) is 0. The predicted octanol–water partition coefficient (Wildman–Crippen LogP) is 3.05. The highest BCUT2D eigenvalue weighted by atomic mass is 32.1. The molecular weight excluding hydrogens is 198 g/mol. The SMILES string of the molecule is CCCCCNc1ccc(C(=O)O)s1. The summed E-state index contributed by atoms with van der Waals surface area (Å²) in [6, 6.07) is 3.45. The van der Waals surface area contributed by atoms with Gasteiger partial charge in [-0.05, 0) is 18.6 Å². The summed E-state index contributed by atoms with van der Waals surface area (Å²) in [5, 5.41) is 12.8. The molecule has 0 saturated carbocycles. The Hall–Kier alpha value is -1.03. The fraction of sp³-hybridized carbons (Fsp3) is 0.500. The lowest BCUT2D eigenvalue weighted by Crippen LogP contribution is -1.98. The molecule has 78 valence electrons. The standard InChI is InChI=1S/C10H15NO2S/c1-2-3-4-7-11-9-6-5-8(14-9)10(12)13/h5-6,11H,2-4,7H2,1H3,(H,12,13). The fourth-order valence-electron chi connectivity index (χ4n) is 1.13. The molecule has 0 saturated heterocycles. The third kappa shape index (κ3) is 3.38. The molecule has 4 heteroatoms. The van der Waals surface area contributed by atoms with Crippen LogP contribution >= 0.6 is 11.3 Å². The molecule has 0 radical (unpaired) electrons. The molecule has 0 aliphatic heterocycles. The quantitative estimate of drug-likeness (QED) is 0.714. The van der Waals surface area contributed by atoms with Crippen molar-refractivity contribution in [3.05, 3.63) is 17.0 Å². The smallest absolute Gasteiger partial charge is 0.345 e. The van der Waals surface area contributed by atoms with Gasteiger partial charge in [-0.25, -0.2) is 4.79 Å². The molecule has 0 bridgehead atoms. The van der Waals surface area contributed by atoms with Crippen LogP contribution in [0.25, 0.3) is 0 Å². The van der Waals surface area contributed by atoms with Gasteiger partial charge in [-0.3, -0.25) is 0 Å². The molecule has 0 aliphatic rings. The third-order valence-electron chi connectivity index (χ3n) is 1.90. The van der Waals surface area contributed by atoms with Crippen LogP contribution in [0.1, 0.15) is 35.9 Å². The second kappa shape index (κ2) is 5.65. The van der Waals surface area contributed by atoms with Gasteiger partial charge < -0.3 is 10.4 Å². The van der Waals surface area contributed by atoms with Crippen molar-refractivity contribution in [2.24, 2.45) is 0 Å². The van der Waals surface area contributed by atoms with Crippen LogP contribution in [0.4, 0.5) is 5.00 Å². The van der Waals surface area contributed by atoms with Crippen molar-refractivity contribution >= 4 is 22.3 Å². The molecule has 1 aromatic heterocycles. The molecule has 0 aromatic carbocycles. The lowest BCUT2D eigenvalue weighted by molar-refractivity contribution is 0.0702. The first-order chi connectivity index (χ1) is 6.74. The Bertz CT molecular complexity index is 296. The maximum atomic E-state index is 10.6. The zero-order valence-corrected chi connectivity index (χ0v) is 9.06. The first-order valence-corrected chi connectivity index (χ1v) is 5.62. The number of carbonyl (C=O) groups is 1. The highest BCUT2D eigenvalue weighted by Crippen LogP contribution is 2.21. The highest BCUT2D eigenvalue weighted by molar-refractivity contribution is 7.17. The van der Waals surface area contributed by atoms with E-state index in [4.69, 9.17) is 5.11 Å². The number of hydrogen-bond acceptors (Lipinski definition) is 3. The van der Waals surface area contributed by atoms with Crippen LogP contribution < -0.4 is 5.32 Å². The number of thiophene rings is 1. The van der Waals surface area contributed by atoms with E-state index in [1.807, 2.05) is 6.07 Å². The molecule has 2 N–H and O–H groups in total. The summed E-state index contributed by atoms with van der Waals surface area (Å²) >= 11 is 1.29. The van der Waals surface area contributed by atoms with Gasteiger partial charge in [-0.1, -0.05) is 19.8 Å². The molecule has 1 aromatic rings. The molecule has 0 fully saturated rings. The Morgan fingerprint density at radius 1 is 1.50 bits per heavy atom. The van der Waals surface area contributed by atoms with Gasteiger partial charge in [0.2, 0.25) is 0 Å². The second-order valence-corrected chi connectivity index (χ2v) is 4.19. The van der Waals surface area contributed by atoms with Crippen LogP contribution in [0, 0.1) is 0 Å². The molecule has 0 aliphatic carbocycles. The first-order valence-electron chi connectivity index (χ1n) is 4.81. The van der Waals surface area contributed by atoms with E-state index in [2.05, 4.69) is 12.2 Å². The Morgan fingerprint density at radius 3 is 2.86 bits per heavy atom. The van der Waals surface area contributed by atoms with Crippen LogP contribution in [0.3, 0.4) is 0 Å². The van der Waals surface area contributed by atoms with Gasteiger partial charge >= 0.3 is 5.97 Å². The van der Waals surface area contributed by atoms with Crippen molar-refractivity contribution in [3.63, 3.8) is 0 Å². The summed E-state index contributed by atoms with van der Waals surface area (Å²) in [6.45, 7) is 3.08. The lowest BCUT2D eigenvalue weighted by Gasteiger charge is -2.01. The average Bonchev–Trinajstić information content (AvgIpc) is 2.61. The van der Waals surface area contributed by atoms with Crippen LogP contribution in [-0.2, 0) is 0 Å². The number of aromatic carboxylic acids is 1. The number of rotatable bonds is 6.